The molecule has 2 N–H and O–H groups in total. The van der Waals surface area contributed by atoms with Crippen LogP contribution in [0.5, 0.6) is 0 Å². The van der Waals surface area contributed by atoms with E-state index in [2.05, 4.69) is 10.2 Å². The number of para-hydroxylation sites is 1. The summed E-state index contributed by atoms with van der Waals surface area (Å²) in [6.07, 6.45) is 0.873. The van der Waals surface area contributed by atoms with E-state index in [1.807, 2.05) is 31.3 Å². The van der Waals surface area contributed by atoms with E-state index in [1.54, 1.807) is 0 Å². The summed E-state index contributed by atoms with van der Waals surface area (Å²) in [5.74, 6) is 0. The first-order valence-electron chi connectivity index (χ1n) is 5.00. The van der Waals surface area contributed by atoms with Gasteiger partial charge in [-0.3, -0.25) is 4.90 Å². The van der Waals surface area contributed by atoms with Crippen LogP contribution in [0.1, 0.15) is 12.0 Å². The Hall–Kier alpha value is -1.06. The molecule has 14 heavy (non-hydrogen) atoms. The fourth-order valence-electron chi connectivity index (χ4n) is 2.62. The van der Waals surface area contributed by atoms with Crippen molar-refractivity contribution in [3.8, 4) is 0 Å². The van der Waals surface area contributed by atoms with Gasteiger partial charge in [0.25, 0.3) is 0 Å². The first kappa shape index (κ1) is 8.26. The highest BCUT2D eigenvalue weighted by molar-refractivity contribution is 5.61. The van der Waals surface area contributed by atoms with Crippen LogP contribution in [-0.4, -0.2) is 29.8 Å². The minimum Gasteiger partial charge on any atom is -0.381 e. The van der Waals surface area contributed by atoms with Crippen molar-refractivity contribution >= 4 is 5.69 Å². The molecule has 0 aromatic heterocycles. The Morgan fingerprint density at radius 3 is 3.14 bits per heavy atom. The zero-order valence-corrected chi connectivity index (χ0v) is 8.20. The number of hydrogen-bond acceptors (Lipinski definition) is 3. The van der Waals surface area contributed by atoms with Gasteiger partial charge < -0.3 is 10.4 Å². The second-order valence-corrected chi connectivity index (χ2v) is 4.25. The summed E-state index contributed by atoms with van der Waals surface area (Å²) >= 11 is 0. The maximum atomic E-state index is 10.5. The van der Waals surface area contributed by atoms with Crippen molar-refractivity contribution in [2.45, 2.75) is 18.2 Å². The van der Waals surface area contributed by atoms with E-state index >= 15 is 0 Å². The van der Waals surface area contributed by atoms with Gasteiger partial charge in [0.15, 0.2) is 0 Å². The molecule has 1 unspecified atom stereocenters. The molecular weight excluding hydrogens is 176 g/mol. The average Bonchev–Trinajstić information content (AvgIpc) is 2.64. The fourth-order valence-corrected chi connectivity index (χ4v) is 2.62. The molecule has 1 saturated heterocycles. The van der Waals surface area contributed by atoms with Crippen LogP contribution in [0.2, 0.25) is 0 Å². The lowest BCUT2D eigenvalue weighted by Gasteiger charge is -2.25. The predicted octanol–water partition coefficient (Wildman–Crippen LogP) is 0.961. The monoisotopic (exact) mass is 190 g/mol. The largest absolute Gasteiger partial charge is 0.381 e. The number of hydrogen-bond donors (Lipinski definition) is 2. The molecule has 0 amide bonds. The van der Waals surface area contributed by atoms with Gasteiger partial charge in [0.05, 0.1) is 0 Å². The number of nitrogens with zero attached hydrogens (tertiary/aromatic N) is 1. The molecule has 0 aliphatic carbocycles. The van der Waals surface area contributed by atoms with Crippen LogP contribution in [0.15, 0.2) is 24.3 Å². The van der Waals surface area contributed by atoms with E-state index in [1.165, 1.54) is 0 Å². The molecule has 2 atom stereocenters. The number of aliphatic hydroxyl groups is 1. The van der Waals surface area contributed by atoms with Gasteiger partial charge in [0.2, 0.25) is 0 Å². The third-order valence-electron chi connectivity index (χ3n) is 3.42. The van der Waals surface area contributed by atoms with E-state index in [9.17, 15) is 5.11 Å². The molecule has 0 radical (unpaired) electrons. The highest BCUT2D eigenvalue weighted by atomic mass is 16.3. The zero-order valence-electron chi connectivity index (χ0n) is 8.20. The van der Waals surface area contributed by atoms with Gasteiger partial charge in [-0.1, -0.05) is 18.2 Å². The summed E-state index contributed by atoms with van der Waals surface area (Å²) in [5, 5.41) is 13.9. The van der Waals surface area contributed by atoms with Gasteiger partial charge in [0, 0.05) is 17.8 Å². The number of rotatable bonds is 0. The lowest BCUT2D eigenvalue weighted by molar-refractivity contribution is 0.0241. The smallest absolute Gasteiger partial charge is 0.126 e. The van der Waals surface area contributed by atoms with Gasteiger partial charge in [-0.15, -0.1) is 0 Å². The molecule has 0 bridgehead atoms. The molecule has 1 aromatic carbocycles. The number of likely N-dealkylation sites (tertiary alicyclic amines) is 1. The van der Waals surface area contributed by atoms with Crippen molar-refractivity contribution in [2.24, 2.45) is 0 Å². The van der Waals surface area contributed by atoms with Crippen LogP contribution in [0.25, 0.3) is 0 Å². The second-order valence-electron chi connectivity index (χ2n) is 4.25. The van der Waals surface area contributed by atoms with Crippen molar-refractivity contribution in [2.75, 3.05) is 18.9 Å². The molecule has 0 saturated carbocycles. The Bertz CT molecular complexity index is 379. The molecule has 0 spiro atoms. The lowest BCUT2D eigenvalue weighted by Crippen LogP contribution is -2.41. The standard InChI is InChI=1S/C11H14N2O/c1-13-7-6-11(14)8-4-2-3-5-9(8)12-10(11)13/h2-5,10,12,14H,6-7H2,1H3/t10?,11-/m1/s1. The van der Waals surface area contributed by atoms with E-state index in [-0.39, 0.29) is 6.17 Å². The van der Waals surface area contributed by atoms with Gasteiger partial charge in [-0.2, -0.15) is 0 Å². The van der Waals surface area contributed by atoms with Crippen molar-refractivity contribution in [1.29, 1.82) is 0 Å². The Kier molecular flexibility index (Phi) is 1.47. The number of anilines is 1. The third kappa shape index (κ3) is 0.837. The van der Waals surface area contributed by atoms with E-state index in [0.717, 1.165) is 24.2 Å². The maximum Gasteiger partial charge on any atom is 0.126 e. The summed E-state index contributed by atoms with van der Waals surface area (Å²) in [4.78, 5) is 2.17. The molecule has 1 aromatic rings. The van der Waals surface area contributed by atoms with E-state index < -0.39 is 5.60 Å². The second kappa shape index (κ2) is 2.49. The first-order valence-corrected chi connectivity index (χ1v) is 5.00. The van der Waals surface area contributed by atoms with Crippen LogP contribution < -0.4 is 5.32 Å². The topological polar surface area (TPSA) is 35.5 Å². The van der Waals surface area contributed by atoms with Gasteiger partial charge in [-0.25, -0.2) is 0 Å². The molecular formula is C11H14N2O. The summed E-state index contributed by atoms with van der Waals surface area (Å²) < 4.78 is 0. The summed E-state index contributed by atoms with van der Waals surface area (Å²) in [5.41, 5.74) is 1.45. The third-order valence-corrected chi connectivity index (χ3v) is 3.42. The van der Waals surface area contributed by atoms with Crippen LogP contribution in [0.3, 0.4) is 0 Å². The molecule has 2 heterocycles. The number of nitrogens with one attached hydrogen (secondary N) is 1. The van der Waals surface area contributed by atoms with E-state index in [0.29, 0.717) is 0 Å². The summed E-state index contributed by atoms with van der Waals surface area (Å²) in [6.45, 7) is 0.947. The Balaban J connectivity index is 2.14. The Morgan fingerprint density at radius 2 is 2.29 bits per heavy atom. The Morgan fingerprint density at radius 1 is 1.50 bits per heavy atom. The van der Waals surface area contributed by atoms with Crippen molar-refractivity contribution < 1.29 is 5.11 Å². The highest BCUT2D eigenvalue weighted by Crippen LogP contribution is 2.45. The van der Waals surface area contributed by atoms with Gasteiger partial charge in [0.1, 0.15) is 11.8 Å². The highest BCUT2D eigenvalue weighted by Gasteiger charge is 2.51. The van der Waals surface area contributed by atoms with Crippen molar-refractivity contribution in [3.63, 3.8) is 0 Å². The summed E-state index contributed by atoms with van der Waals surface area (Å²) in [7, 11) is 2.04. The lowest BCUT2D eigenvalue weighted by atomic mass is 9.93. The Labute approximate surface area is 83.3 Å². The molecule has 3 nitrogen and oxygen atoms in total. The van der Waals surface area contributed by atoms with Gasteiger partial charge in [-0.05, 0) is 19.5 Å². The van der Waals surface area contributed by atoms with Crippen LogP contribution in [0.4, 0.5) is 5.69 Å². The van der Waals surface area contributed by atoms with Crippen molar-refractivity contribution in [3.05, 3.63) is 29.8 Å². The first-order chi connectivity index (χ1) is 6.72. The van der Waals surface area contributed by atoms with Crippen LogP contribution >= 0.6 is 0 Å². The minimum absolute atomic E-state index is 0.0555. The quantitative estimate of drug-likeness (QED) is 0.639. The molecule has 3 heteroatoms. The van der Waals surface area contributed by atoms with Crippen LogP contribution in [0, 0.1) is 0 Å². The number of benzene rings is 1. The molecule has 1 fully saturated rings. The molecule has 74 valence electrons. The fraction of sp³-hybridized carbons (Fsp3) is 0.455. The predicted molar refractivity (Wildman–Crippen MR) is 55.0 cm³/mol. The number of likely N-dealkylation sites (N-methyl/N-ethyl adjacent to an activating group) is 1. The maximum absolute atomic E-state index is 10.5. The number of fused-ring (bicyclic) bond motifs is 3. The minimum atomic E-state index is -0.675. The average molecular weight is 190 g/mol. The molecule has 2 aliphatic rings. The van der Waals surface area contributed by atoms with Gasteiger partial charge >= 0.3 is 0 Å². The summed E-state index contributed by atoms with van der Waals surface area (Å²) in [6, 6.07) is 8.02. The normalized spacial score (nSPS) is 35.1. The SMILES string of the molecule is CN1CC[C@@]2(O)c3ccccc3NC12. The molecule has 2 aliphatic heterocycles. The van der Waals surface area contributed by atoms with Crippen LogP contribution in [-0.2, 0) is 5.60 Å². The van der Waals surface area contributed by atoms with E-state index in [4.69, 9.17) is 0 Å². The molecule has 3 rings (SSSR count). The van der Waals surface area contributed by atoms with Crippen molar-refractivity contribution in [1.82, 2.24) is 4.90 Å². The zero-order chi connectivity index (χ0) is 9.76.